The first kappa shape index (κ1) is 14.5. The lowest BCUT2D eigenvalue weighted by molar-refractivity contribution is 0.500. The summed E-state index contributed by atoms with van der Waals surface area (Å²) in [5.41, 5.74) is 0.704. The minimum atomic E-state index is -0.0810. The zero-order valence-corrected chi connectivity index (χ0v) is 13.0. The van der Waals surface area contributed by atoms with Crippen LogP contribution in [0.4, 0.5) is 5.69 Å². The predicted molar refractivity (Wildman–Crippen MR) is 80.7 cm³/mol. The fraction of sp³-hybridized carbons (Fsp3) is 0.692. The van der Waals surface area contributed by atoms with Crippen LogP contribution in [0.15, 0.2) is 15.5 Å². The maximum absolute atomic E-state index is 12.1. The van der Waals surface area contributed by atoms with E-state index in [4.69, 9.17) is 0 Å². The first-order valence-electron chi connectivity index (χ1n) is 6.81. The normalized spacial score (nSPS) is 19.1. The Balaban J connectivity index is 1.97. The van der Waals surface area contributed by atoms with Crippen LogP contribution in [0, 0.1) is 5.92 Å². The SMILES string of the molecule is CC(C)n1ncc(NCCC2CCNC2)c(Br)c1=O. The molecular formula is C13H21BrN4O. The second kappa shape index (κ2) is 6.52. The molecule has 1 aliphatic rings. The Bertz CT molecular complexity index is 480. The number of nitrogens with one attached hydrogen (secondary N) is 2. The van der Waals surface area contributed by atoms with Crippen LogP contribution >= 0.6 is 15.9 Å². The maximum Gasteiger partial charge on any atom is 0.283 e. The lowest BCUT2D eigenvalue weighted by Crippen LogP contribution is -2.26. The zero-order valence-electron chi connectivity index (χ0n) is 11.4. The first-order chi connectivity index (χ1) is 9.09. The second-order valence-corrected chi connectivity index (χ2v) is 6.08. The van der Waals surface area contributed by atoms with Gasteiger partial charge in [0, 0.05) is 6.54 Å². The van der Waals surface area contributed by atoms with Gasteiger partial charge in [0.05, 0.1) is 17.9 Å². The Kier molecular flexibility index (Phi) is 4.99. The Hall–Kier alpha value is -0.880. The third kappa shape index (κ3) is 3.57. The monoisotopic (exact) mass is 328 g/mol. The maximum atomic E-state index is 12.1. The average Bonchev–Trinajstić information content (AvgIpc) is 2.87. The van der Waals surface area contributed by atoms with Crippen molar-refractivity contribution >= 4 is 21.6 Å². The van der Waals surface area contributed by atoms with Gasteiger partial charge in [0.25, 0.3) is 5.56 Å². The third-order valence-corrected chi connectivity index (χ3v) is 4.23. The van der Waals surface area contributed by atoms with E-state index in [0.29, 0.717) is 4.47 Å². The van der Waals surface area contributed by atoms with Gasteiger partial charge in [0.2, 0.25) is 0 Å². The van der Waals surface area contributed by atoms with Gasteiger partial charge in [-0.25, -0.2) is 4.68 Å². The van der Waals surface area contributed by atoms with Crippen molar-refractivity contribution in [3.8, 4) is 0 Å². The molecule has 2 N–H and O–H groups in total. The molecule has 1 aromatic rings. The number of nitrogens with zero attached hydrogens (tertiary/aromatic N) is 2. The van der Waals surface area contributed by atoms with Crippen molar-refractivity contribution < 1.29 is 0 Å². The number of rotatable bonds is 5. The van der Waals surface area contributed by atoms with E-state index in [9.17, 15) is 4.79 Å². The molecule has 0 spiro atoms. The zero-order chi connectivity index (χ0) is 13.8. The van der Waals surface area contributed by atoms with Crippen LogP contribution in [0.1, 0.15) is 32.7 Å². The molecule has 1 fully saturated rings. The molecule has 0 bridgehead atoms. The Morgan fingerprint density at radius 2 is 2.42 bits per heavy atom. The van der Waals surface area contributed by atoms with E-state index in [1.165, 1.54) is 11.1 Å². The number of aromatic nitrogens is 2. The van der Waals surface area contributed by atoms with E-state index in [1.807, 2.05) is 13.8 Å². The van der Waals surface area contributed by atoms with Gasteiger partial charge in [0.15, 0.2) is 0 Å². The fourth-order valence-corrected chi connectivity index (χ4v) is 2.73. The minimum Gasteiger partial charge on any atom is -0.383 e. The van der Waals surface area contributed by atoms with E-state index >= 15 is 0 Å². The fourth-order valence-electron chi connectivity index (χ4n) is 2.31. The van der Waals surface area contributed by atoms with E-state index < -0.39 is 0 Å². The molecule has 1 saturated heterocycles. The molecule has 2 rings (SSSR count). The lowest BCUT2D eigenvalue weighted by Gasteiger charge is -2.13. The highest BCUT2D eigenvalue weighted by atomic mass is 79.9. The van der Waals surface area contributed by atoms with Gasteiger partial charge in [-0.3, -0.25) is 4.79 Å². The highest BCUT2D eigenvalue weighted by Crippen LogP contribution is 2.18. The van der Waals surface area contributed by atoms with Crippen LogP contribution in [-0.2, 0) is 0 Å². The smallest absolute Gasteiger partial charge is 0.283 e. The number of anilines is 1. The van der Waals surface area contributed by atoms with Crippen LogP contribution in [0.3, 0.4) is 0 Å². The summed E-state index contributed by atoms with van der Waals surface area (Å²) < 4.78 is 2.05. The highest BCUT2D eigenvalue weighted by molar-refractivity contribution is 9.10. The molecule has 1 unspecified atom stereocenters. The van der Waals surface area contributed by atoms with Gasteiger partial charge in [-0.2, -0.15) is 5.10 Å². The third-order valence-electron chi connectivity index (χ3n) is 3.46. The second-order valence-electron chi connectivity index (χ2n) is 5.29. The summed E-state index contributed by atoms with van der Waals surface area (Å²) in [5.74, 6) is 0.746. The van der Waals surface area contributed by atoms with E-state index in [-0.39, 0.29) is 11.6 Å². The summed E-state index contributed by atoms with van der Waals surface area (Å²) >= 11 is 3.36. The van der Waals surface area contributed by atoms with Gasteiger partial charge >= 0.3 is 0 Å². The molecular weight excluding hydrogens is 308 g/mol. The Labute approximate surface area is 121 Å². The van der Waals surface area contributed by atoms with Gasteiger partial charge in [-0.15, -0.1) is 0 Å². The standard InChI is InChI=1S/C13H21BrN4O/c1-9(2)18-13(19)12(14)11(8-17-18)16-6-4-10-3-5-15-7-10/h8-10,15-16H,3-7H2,1-2H3. The lowest BCUT2D eigenvalue weighted by atomic mass is 10.1. The Morgan fingerprint density at radius 1 is 1.63 bits per heavy atom. The van der Waals surface area contributed by atoms with Crippen LogP contribution in [0.2, 0.25) is 0 Å². The van der Waals surface area contributed by atoms with Crippen molar-refractivity contribution in [3.05, 3.63) is 21.0 Å². The van der Waals surface area contributed by atoms with Crippen molar-refractivity contribution in [2.24, 2.45) is 5.92 Å². The molecule has 6 heteroatoms. The highest BCUT2D eigenvalue weighted by Gasteiger charge is 2.14. The summed E-state index contributed by atoms with van der Waals surface area (Å²) in [6.45, 7) is 7.00. The van der Waals surface area contributed by atoms with E-state index in [0.717, 1.165) is 37.7 Å². The summed E-state index contributed by atoms with van der Waals surface area (Å²) in [6, 6.07) is 0.0717. The van der Waals surface area contributed by atoms with E-state index in [2.05, 4.69) is 31.7 Å². The Morgan fingerprint density at radius 3 is 3.05 bits per heavy atom. The molecule has 0 aliphatic carbocycles. The molecule has 1 aromatic heterocycles. The number of hydrogen-bond donors (Lipinski definition) is 2. The summed E-state index contributed by atoms with van der Waals surface area (Å²) in [7, 11) is 0. The van der Waals surface area contributed by atoms with Crippen LogP contribution < -0.4 is 16.2 Å². The molecule has 1 atom stereocenters. The van der Waals surface area contributed by atoms with Gasteiger partial charge in [-0.1, -0.05) is 0 Å². The molecule has 0 amide bonds. The molecule has 5 nitrogen and oxygen atoms in total. The minimum absolute atomic E-state index is 0.0717. The largest absolute Gasteiger partial charge is 0.383 e. The molecule has 0 aromatic carbocycles. The average molecular weight is 329 g/mol. The van der Waals surface area contributed by atoms with Crippen LogP contribution in [0.5, 0.6) is 0 Å². The van der Waals surface area contributed by atoms with Crippen molar-refractivity contribution in [2.45, 2.75) is 32.7 Å². The van der Waals surface area contributed by atoms with E-state index in [1.54, 1.807) is 6.20 Å². The van der Waals surface area contributed by atoms with Gasteiger partial charge in [0.1, 0.15) is 4.47 Å². The van der Waals surface area contributed by atoms with Crippen molar-refractivity contribution in [1.29, 1.82) is 0 Å². The summed E-state index contributed by atoms with van der Waals surface area (Å²) in [4.78, 5) is 12.1. The first-order valence-corrected chi connectivity index (χ1v) is 7.60. The van der Waals surface area contributed by atoms with Crippen molar-refractivity contribution in [3.63, 3.8) is 0 Å². The van der Waals surface area contributed by atoms with Crippen LogP contribution in [0.25, 0.3) is 0 Å². The van der Waals surface area contributed by atoms with Crippen molar-refractivity contribution in [1.82, 2.24) is 15.1 Å². The van der Waals surface area contributed by atoms with Gasteiger partial charge in [-0.05, 0) is 61.6 Å². The molecule has 1 aliphatic heterocycles. The summed E-state index contributed by atoms with van der Waals surface area (Å²) in [6.07, 6.45) is 4.08. The molecule has 19 heavy (non-hydrogen) atoms. The predicted octanol–water partition coefficient (Wildman–Crippen LogP) is 2.00. The summed E-state index contributed by atoms with van der Waals surface area (Å²) in [5, 5.41) is 10.8. The molecule has 0 saturated carbocycles. The topological polar surface area (TPSA) is 59.0 Å². The molecule has 2 heterocycles. The number of halogens is 1. The number of hydrogen-bond acceptors (Lipinski definition) is 4. The van der Waals surface area contributed by atoms with Gasteiger partial charge < -0.3 is 10.6 Å². The molecule has 0 radical (unpaired) electrons. The van der Waals surface area contributed by atoms with Crippen molar-refractivity contribution in [2.75, 3.05) is 25.0 Å². The quantitative estimate of drug-likeness (QED) is 0.867. The molecule has 106 valence electrons. The van der Waals surface area contributed by atoms with Crippen LogP contribution in [-0.4, -0.2) is 29.4 Å².